The molecule has 0 aromatic heterocycles. The third kappa shape index (κ3) is 6.23. The van der Waals surface area contributed by atoms with Crippen LogP contribution in [0.15, 0.2) is 24.3 Å². The monoisotopic (exact) mass is 293 g/mol. The van der Waals surface area contributed by atoms with E-state index in [1.807, 2.05) is 0 Å². The highest BCUT2D eigenvalue weighted by molar-refractivity contribution is 5.30. The first-order valence-electron chi connectivity index (χ1n) is 6.06. The van der Waals surface area contributed by atoms with Crippen molar-refractivity contribution >= 4 is 0 Å². The fraction of sp³-hybridized carbons (Fsp3) is 0.538. The van der Waals surface area contributed by atoms with Gasteiger partial charge in [-0.3, -0.25) is 0 Å². The van der Waals surface area contributed by atoms with E-state index in [0.29, 0.717) is 25.4 Å². The van der Waals surface area contributed by atoms with Crippen molar-refractivity contribution in [1.29, 1.82) is 0 Å². The molecule has 1 atom stereocenters. The zero-order valence-corrected chi connectivity index (χ0v) is 11.4. The molecule has 114 valence electrons. The molecule has 1 aromatic rings. The lowest BCUT2D eigenvalue weighted by Crippen LogP contribution is -2.23. The molecule has 4 nitrogen and oxygen atoms in total. The lowest BCUT2D eigenvalue weighted by molar-refractivity contribution is -0.274. The van der Waals surface area contributed by atoms with Crippen LogP contribution in [0, 0.1) is 0 Å². The Morgan fingerprint density at radius 3 is 2.60 bits per heavy atom. The van der Waals surface area contributed by atoms with Crippen LogP contribution in [0.2, 0.25) is 0 Å². The lowest BCUT2D eigenvalue weighted by Gasteiger charge is -2.18. The zero-order chi connectivity index (χ0) is 15.0. The standard InChI is InChI=1S/C13H18F3NO3/c1-17-12(9-19-7-6-18-2)10-4-3-5-11(8-10)20-13(14,15)16/h3-5,8,12,17H,6-7,9H2,1-2H3. The van der Waals surface area contributed by atoms with Gasteiger partial charge in [-0.1, -0.05) is 12.1 Å². The summed E-state index contributed by atoms with van der Waals surface area (Å²) >= 11 is 0. The van der Waals surface area contributed by atoms with Gasteiger partial charge in [-0.05, 0) is 24.7 Å². The highest BCUT2D eigenvalue weighted by Gasteiger charge is 2.31. The number of nitrogens with one attached hydrogen (secondary N) is 1. The second kappa shape index (κ2) is 8.08. The minimum atomic E-state index is -4.69. The molecule has 0 bridgehead atoms. The van der Waals surface area contributed by atoms with E-state index in [0.717, 1.165) is 0 Å². The van der Waals surface area contributed by atoms with E-state index in [2.05, 4.69) is 10.1 Å². The van der Waals surface area contributed by atoms with Crippen LogP contribution in [-0.2, 0) is 9.47 Å². The first-order valence-corrected chi connectivity index (χ1v) is 6.06. The van der Waals surface area contributed by atoms with Gasteiger partial charge >= 0.3 is 6.36 Å². The van der Waals surface area contributed by atoms with E-state index in [-0.39, 0.29) is 11.8 Å². The molecule has 20 heavy (non-hydrogen) atoms. The molecule has 0 aliphatic carbocycles. The van der Waals surface area contributed by atoms with Gasteiger partial charge in [0.1, 0.15) is 5.75 Å². The largest absolute Gasteiger partial charge is 0.573 e. The number of methoxy groups -OCH3 is 1. The van der Waals surface area contributed by atoms with Gasteiger partial charge in [-0.15, -0.1) is 13.2 Å². The van der Waals surface area contributed by atoms with E-state index >= 15 is 0 Å². The number of halogens is 3. The fourth-order valence-electron chi connectivity index (χ4n) is 1.62. The smallest absolute Gasteiger partial charge is 0.406 e. The maximum Gasteiger partial charge on any atom is 0.573 e. The van der Waals surface area contributed by atoms with Gasteiger partial charge in [0, 0.05) is 7.11 Å². The van der Waals surface area contributed by atoms with Gasteiger partial charge in [-0.2, -0.15) is 0 Å². The molecule has 0 heterocycles. The van der Waals surface area contributed by atoms with Crippen molar-refractivity contribution in [3.63, 3.8) is 0 Å². The molecule has 0 spiro atoms. The summed E-state index contributed by atoms with van der Waals surface area (Å²) in [6.45, 7) is 1.22. The number of alkyl halides is 3. The zero-order valence-electron chi connectivity index (χ0n) is 11.4. The summed E-state index contributed by atoms with van der Waals surface area (Å²) < 4.78 is 50.6. The highest BCUT2D eigenvalue weighted by Crippen LogP contribution is 2.25. The number of rotatable bonds is 8. The number of benzene rings is 1. The predicted molar refractivity (Wildman–Crippen MR) is 67.6 cm³/mol. The van der Waals surface area contributed by atoms with Crippen molar-refractivity contribution in [1.82, 2.24) is 5.32 Å². The van der Waals surface area contributed by atoms with Crippen LogP contribution in [0.3, 0.4) is 0 Å². The van der Waals surface area contributed by atoms with Crippen molar-refractivity contribution in [2.75, 3.05) is 34.0 Å². The van der Waals surface area contributed by atoms with Crippen LogP contribution in [0.25, 0.3) is 0 Å². The van der Waals surface area contributed by atoms with Crippen LogP contribution < -0.4 is 10.1 Å². The summed E-state index contributed by atoms with van der Waals surface area (Å²) in [5.74, 6) is -0.243. The summed E-state index contributed by atoms with van der Waals surface area (Å²) in [4.78, 5) is 0. The fourth-order valence-corrected chi connectivity index (χ4v) is 1.62. The Balaban J connectivity index is 2.65. The van der Waals surface area contributed by atoms with Crippen LogP contribution in [0.5, 0.6) is 5.75 Å². The molecule has 0 saturated carbocycles. The van der Waals surface area contributed by atoms with E-state index in [1.54, 1.807) is 20.2 Å². The van der Waals surface area contributed by atoms with Crippen molar-refractivity contribution < 1.29 is 27.4 Å². The van der Waals surface area contributed by atoms with E-state index in [1.165, 1.54) is 18.2 Å². The molecule has 0 fully saturated rings. The molecular weight excluding hydrogens is 275 g/mol. The average molecular weight is 293 g/mol. The maximum atomic E-state index is 12.2. The van der Waals surface area contributed by atoms with Crippen LogP contribution >= 0.6 is 0 Å². The van der Waals surface area contributed by atoms with Gasteiger partial charge in [-0.25, -0.2) is 0 Å². The second-order valence-electron chi connectivity index (χ2n) is 4.03. The van der Waals surface area contributed by atoms with E-state index in [9.17, 15) is 13.2 Å². The van der Waals surface area contributed by atoms with Gasteiger partial charge in [0.25, 0.3) is 0 Å². The van der Waals surface area contributed by atoms with Crippen molar-refractivity contribution in [3.8, 4) is 5.75 Å². The number of hydrogen-bond donors (Lipinski definition) is 1. The first kappa shape index (κ1) is 16.7. The number of likely N-dealkylation sites (N-methyl/N-ethyl adjacent to an activating group) is 1. The van der Waals surface area contributed by atoms with E-state index in [4.69, 9.17) is 9.47 Å². The second-order valence-corrected chi connectivity index (χ2v) is 4.03. The molecule has 1 aromatic carbocycles. The first-order chi connectivity index (χ1) is 9.46. The summed E-state index contributed by atoms with van der Waals surface area (Å²) in [5.41, 5.74) is 0.659. The number of hydrogen-bond acceptors (Lipinski definition) is 4. The maximum absolute atomic E-state index is 12.2. The molecule has 0 amide bonds. The van der Waals surface area contributed by atoms with Crippen molar-refractivity contribution in [3.05, 3.63) is 29.8 Å². The normalized spacial score (nSPS) is 13.2. The topological polar surface area (TPSA) is 39.7 Å². The van der Waals surface area contributed by atoms with Gasteiger partial charge in [0.05, 0.1) is 25.9 Å². The summed E-state index contributed by atoms with van der Waals surface area (Å²) in [5, 5.41) is 2.98. The number of ether oxygens (including phenoxy) is 3. The lowest BCUT2D eigenvalue weighted by atomic mass is 10.1. The molecule has 1 rings (SSSR count). The Hall–Kier alpha value is -1.31. The molecule has 0 aliphatic heterocycles. The molecule has 0 radical (unpaired) electrons. The SMILES string of the molecule is CNC(COCCOC)c1cccc(OC(F)(F)F)c1. The van der Waals surface area contributed by atoms with Gasteiger partial charge in [0.15, 0.2) is 0 Å². The Bertz CT molecular complexity index is 399. The Morgan fingerprint density at radius 2 is 2.00 bits per heavy atom. The van der Waals surface area contributed by atoms with E-state index < -0.39 is 6.36 Å². The molecule has 1 N–H and O–H groups in total. The molecular formula is C13H18F3NO3. The minimum absolute atomic E-state index is 0.219. The van der Waals surface area contributed by atoms with Crippen molar-refractivity contribution in [2.45, 2.75) is 12.4 Å². The van der Waals surface area contributed by atoms with Crippen LogP contribution in [0.1, 0.15) is 11.6 Å². The minimum Gasteiger partial charge on any atom is -0.406 e. The Kier molecular flexibility index (Phi) is 6.77. The van der Waals surface area contributed by atoms with Crippen LogP contribution in [-0.4, -0.2) is 40.3 Å². The third-order valence-electron chi connectivity index (χ3n) is 2.56. The van der Waals surface area contributed by atoms with Gasteiger partial charge in [0.2, 0.25) is 0 Å². The molecule has 7 heteroatoms. The average Bonchev–Trinajstić information content (AvgIpc) is 2.37. The van der Waals surface area contributed by atoms with Crippen molar-refractivity contribution in [2.24, 2.45) is 0 Å². The predicted octanol–water partition coefficient (Wildman–Crippen LogP) is 2.51. The third-order valence-corrected chi connectivity index (χ3v) is 2.56. The highest BCUT2D eigenvalue weighted by atomic mass is 19.4. The van der Waals surface area contributed by atoms with Gasteiger partial charge < -0.3 is 19.5 Å². The molecule has 0 saturated heterocycles. The quantitative estimate of drug-likeness (QED) is 0.748. The molecule has 1 unspecified atom stereocenters. The Morgan fingerprint density at radius 1 is 1.25 bits per heavy atom. The van der Waals surface area contributed by atoms with Crippen LogP contribution in [0.4, 0.5) is 13.2 Å². The summed E-state index contributed by atoms with van der Waals surface area (Å²) in [6.07, 6.45) is -4.69. The summed E-state index contributed by atoms with van der Waals surface area (Å²) in [6, 6.07) is 5.60. The summed E-state index contributed by atoms with van der Waals surface area (Å²) in [7, 11) is 3.28. The molecule has 0 aliphatic rings. The Labute approximate surface area is 115 Å².